The molecule has 3 aromatic heterocycles. The molecule has 6 aromatic rings. The molecule has 8 rings (SSSR count). The number of nitrogens with one attached hydrogen (secondary N) is 4. The first-order valence-electron chi connectivity index (χ1n) is 25.8. The van der Waals surface area contributed by atoms with Crippen LogP contribution in [0.3, 0.4) is 0 Å². The highest BCUT2D eigenvalue weighted by Gasteiger charge is 2.44. The average molecular weight is 1080 g/mol. The van der Waals surface area contributed by atoms with Gasteiger partial charge in [-0.15, -0.1) is 11.3 Å². The number of carbonyl (C=O) groups is 5. The Morgan fingerprint density at radius 3 is 2.42 bits per heavy atom. The number of hydrogen-bond donors (Lipinski definition) is 5. The molecule has 21 heteroatoms. The number of aliphatic hydroxyl groups is 1. The second-order valence-corrected chi connectivity index (χ2v) is 21.2. The number of methoxy groups -OCH3 is 1. The van der Waals surface area contributed by atoms with E-state index in [1.54, 1.807) is 53.5 Å². The quantitative estimate of drug-likeness (QED) is 0.0574. The van der Waals surface area contributed by atoms with Crippen LogP contribution in [0, 0.1) is 29.5 Å². The van der Waals surface area contributed by atoms with Crippen LogP contribution in [0.5, 0.6) is 5.75 Å². The zero-order valence-electron chi connectivity index (χ0n) is 44.2. The highest BCUT2D eigenvalue weighted by Crippen LogP contribution is 2.35. The molecule has 3 atom stereocenters. The van der Waals surface area contributed by atoms with Crippen LogP contribution < -0.4 is 30.9 Å². The number of pyridine rings is 1. The van der Waals surface area contributed by atoms with Crippen LogP contribution >= 0.6 is 11.3 Å². The van der Waals surface area contributed by atoms with Crippen molar-refractivity contribution in [1.29, 1.82) is 5.26 Å². The van der Waals surface area contributed by atoms with Crippen molar-refractivity contribution in [3.63, 3.8) is 0 Å². The number of unbranched alkanes of at least 4 members (excludes halogenated alkanes) is 1. The summed E-state index contributed by atoms with van der Waals surface area (Å²) in [5, 5.41) is 32.3. The molecule has 0 spiro atoms. The van der Waals surface area contributed by atoms with Crippen molar-refractivity contribution in [3.05, 3.63) is 125 Å². The number of thiazole rings is 1. The third-order valence-corrected chi connectivity index (χ3v) is 14.7. The molecule has 0 aliphatic carbocycles. The predicted molar refractivity (Wildman–Crippen MR) is 293 cm³/mol. The number of aryl methyl sites for hydroxylation is 1. The lowest BCUT2D eigenvalue weighted by Gasteiger charge is -2.36. The number of halogens is 1. The van der Waals surface area contributed by atoms with Crippen LogP contribution in [-0.4, -0.2) is 135 Å². The standard InChI is InChI=1S/C57H63FN12O7S/c1-35-51(78-34-64-35)37-14-12-36(13-15-37)30-63-55(75)46-28-40(71)32-70(46)56(76)52(57(2,3)4)67-48(72)11-6-7-20-61-49(73)33-68-23-25-69(26-24-68)45-27-38(41-31-60-21-18-39(41)29-59)16-17-43(45)66-54(74)44-19-22-62-53(65-44)50-42(58)9-8-10-47(50)77-5/h8-10,12-19,21-22,27,31,34,40,46,52,71H,6-7,11,20,23-26,28,30,32-33H2,1-5H3,(H,61,73)(H,63,75)(H,66,74)(H,67,72)/t40-,46+,52-/m1/s1. The van der Waals surface area contributed by atoms with E-state index in [1.165, 1.54) is 36.4 Å². The number of amides is 5. The maximum absolute atomic E-state index is 15.0. The van der Waals surface area contributed by atoms with Crippen LogP contribution in [-0.2, 0) is 25.7 Å². The van der Waals surface area contributed by atoms with E-state index in [0.29, 0.717) is 73.6 Å². The van der Waals surface area contributed by atoms with E-state index < -0.39 is 41.2 Å². The maximum Gasteiger partial charge on any atom is 0.274 e. The number of ether oxygens (including phenoxy) is 1. The first-order valence-corrected chi connectivity index (χ1v) is 26.6. The van der Waals surface area contributed by atoms with Gasteiger partial charge in [-0.3, -0.25) is 33.9 Å². The van der Waals surface area contributed by atoms with Crippen LogP contribution in [0.2, 0.25) is 0 Å². The summed E-state index contributed by atoms with van der Waals surface area (Å²) >= 11 is 1.56. The van der Waals surface area contributed by atoms with Crippen molar-refractivity contribution in [2.75, 3.05) is 63.1 Å². The summed E-state index contributed by atoms with van der Waals surface area (Å²) in [6, 6.07) is 21.0. The summed E-state index contributed by atoms with van der Waals surface area (Å²) in [7, 11) is 1.41. The van der Waals surface area contributed by atoms with Crippen LogP contribution in [0.4, 0.5) is 15.8 Å². The SMILES string of the molecule is COc1cccc(F)c1-c1nccc(C(=O)Nc2ccc(-c3cnccc3C#N)cc2N2CCN(CC(=O)NCCCCC(=O)N[C@H](C(=O)N3C[C@H](O)C[C@H]3C(=O)NCc3ccc(-c4scnc4C)cc3)C(C)(C)C)CC2)n1. The van der Waals surface area contributed by atoms with E-state index in [-0.39, 0.29) is 73.0 Å². The second kappa shape index (κ2) is 25.3. The summed E-state index contributed by atoms with van der Waals surface area (Å²) in [4.78, 5) is 91.7. The van der Waals surface area contributed by atoms with Crippen LogP contribution in [0.25, 0.3) is 33.0 Å². The third kappa shape index (κ3) is 13.7. The van der Waals surface area contributed by atoms with E-state index >= 15 is 0 Å². The largest absolute Gasteiger partial charge is 0.496 e. The van der Waals surface area contributed by atoms with Crippen LogP contribution in [0.1, 0.15) is 73.8 Å². The van der Waals surface area contributed by atoms with Gasteiger partial charge in [-0.2, -0.15) is 5.26 Å². The Balaban J connectivity index is 0.810. The smallest absolute Gasteiger partial charge is 0.274 e. The Hall–Kier alpha value is -8.19. The lowest BCUT2D eigenvalue weighted by atomic mass is 9.85. The Bertz CT molecular complexity index is 3190. The summed E-state index contributed by atoms with van der Waals surface area (Å²) in [5.74, 6) is -2.31. The average Bonchev–Trinajstić information content (AvgIpc) is 4.10. The number of benzene rings is 3. The molecule has 78 heavy (non-hydrogen) atoms. The molecule has 0 radical (unpaired) electrons. The molecule has 406 valence electrons. The fourth-order valence-corrected chi connectivity index (χ4v) is 10.3. The number of hydrogen-bond acceptors (Lipinski definition) is 15. The van der Waals surface area contributed by atoms with E-state index in [9.17, 15) is 38.7 Å². The normalized spacial score (nSPS) is 16.0. The Kier molecular flexibility index (Phi) is 18.2. The molecule has 5 heterocycles. The lowest BCUT2D eigenvalue weighted by molar-refractivity contribution is -0.144. The Morgan fingerprint density at radius 1 is 0.936 bits per heavy atom. The van der Waals surface area contributed by atoms with Gasteiger partial charge in [0.1, 0.15) is 29.3 Å². The van der Waals surface area contributed by atoms with Gasteiger partial charge in [0.2, 0.25) is 23.6 Å². The molecule has 0 bridgehead atoms. The number of nitrogens with zero attached hydrogens (tertiary/aromatic N) is 8. The first kappa shape index (κ1) is 56.0. The summed E-state index contributed by atoms with van der Waals surface area (Å²) < 4.78 is 20.3. The Morgan fingerprint density at radius 2 is 1.71 bits per heavy atom. The fraction of sp³-hybridized carbons (Fsp3) is 0.368. The van der Waals surface area contributed by atoms with Crippen molar-refractivity contribution in [3.8, 4) is 44.8 Å². The van der Waals surface area contributed by atoms with Crippen molar-refractivity contribution in [2.24, 2.45) is 5.41 Å². The third-order valence-electron chi connectivity index (χ3n) is 13.7. The van der Waals surface area contributed by atoms with Gasteiger partial charge in [0.05, 0.1) is 64.4 Å². The van der Waals surface area contributed by atoms with Gasteiger partial charge in [0.15, 0.2) is 5.82 Å². The predicted octanol–water partition coefficient (Wildman–Crippen LogP) is 6.13. The molecule has 2 aliphatic heterocycles. The van der Waals surface area contributed by atoms with Crippen molar-refractivity contribution >= 4 is 52.2 Å². The number of aromatic nitrogens is 4. The van der Waals surface area contributed by atoms with Crippen molar-refractivity contribution < 1.29 is 38.2 Å². The van der Waals surface area contributed by atoms with E-state index in [1.807, 2.05) is 62.9 Å². The van der Waals surface area contributed by atoms with Gasteiger partial charge in [0, 0.05) is 82.8 Å². The number of aliphatic hydroxyl groups excluding tert-OH is 1. The Labute approximate surface area is 456 Å². The topological polar surface area (TPSA) is 248 Å². The molecule has 2 fully saturated rings. The number of β-amino-alcohol motifs (C(OH)–C–C–N with tert-alkyl or cyclic N) is 1. The van der Waals surface area contributed by atoms with Gasteiger partial charge < -0.3 is 40.9 Å². The lowest BCUT2D eigenvalue weighted by Crippen LogP contribution is -2.57. The fourth-order valence-electron chi connectivity index (χ4n) is 9.53. The number of likely N-dealkylation sites (tertiary alicyclic amines) is 1. The summed E-state index contributed by atoms with van der Waals surface area (Å²) in [6.07, 6.45) is 4.78. The van der Waals surface area contributed by atoms with E-state index in [0.717, 1.165) is 21.7 Å². The zero-order chi connectivity index (χ0) is 55.5. The molecule has 0 unspecified atom stereocenters. The molecule has 5 N–H and O–H groups in total. The minimum atomic E-state index is -0.961. The number of carbonyl (C=O) groups excluding carboxylic acids is 5. The zero-order valence-corrected chi connectivity index (χ0v) is 45.0. The van der Waals surface area contributed by atoms with Crippen LogP contribution in [0.15, 0.2) is 96.9 Å². The second-order valence-electron chi connectivity index (χ2n) is 20.3. The molecule has 3 aromatic carbocycles. The van der Waals surface area contributed by atoms with Gasteiger partial charge in [-0.1, -0.05) is 57.2 Å². The molecule has 2 saturated heterocycles. The number of rotatable bonds is 19. The minimum absolute atomic E-state index is 0.00542. The van der Waals surface area contributed by atoms with Crippen molar-refractivity contribution in [1.82, 2.24) is 45.7 Å². The molecule has 5 amide bonds. The molecule has 2 aliphatic rings. The molecular formula is C57H63FN12O7S. The van der Waals surface area contributed by atoms with Gasteiger partial charge >= 0.3 is 0 Å². The van der Waals surface area contributed by atoms with E-state index in [4.69, 9.17) is 4.74 Å². The monoisotopic (exact) mass is 1080 g/mol. The highest BCUT2D eigenvalue weighted by atomic mass is 32.1. The van der Waals surface area contributed by atoms with Gasteiger partial charge in [-0.25, -0.2) is 19.3 Å². The number of piperazine rings is 1. The first-order chi connectivity index (χ1) is 37.5. The van der Waals surface area contributed by atoms with Crippen molar-refractivity contribution in [2.45, 2.75) is 78.1 Å². The number of nitriles is 1. The van der Waals surface area contributed by atoms with Gasteiger partial charge in [-0.05, 0) is 78.3 Å². The molecule has 0 saturated carbocycles. The highest BCUT2D eigenvalue weighted by molar-refractivity contribution is 7.13. The molecular weight excluding hydrogens is 1020 g/mol. The van der Waals surface area contributed by atoms with Gasteiger partial charge in [0.25, 0.3) is 5.91 Å². The molecule has 19 nitrogen and oxygen atoms in total. The summed E-state index contributed by atoms with van der Waals surface area (Å²) in [6.45, 7) is 10.2. The minimum Gasteiger partial charge on any atom is -0.496 e. The van der Waals surface area contributed by atoms with E-state index in [2.05, 4.69) is 52.2 Å². The number of anilines is 2. The maximum atomic E-state index is 15.0. The summed E-state index contributed by atoms with van der Waals surface area (Å²) in [5.41, 5.74) is 6.86.